The zero-order valence-electron chi connectivity index (χ0n) is 18.0. The van der Waals surface area contributed by atoms with Crippen LogP contribution in [-0.4, -0.2) is 77.7 Å². The first-order valence-electron chi connectivity index (χ1n) is 10.8. The molecule has 33 heavy (non-hydrogen) atoms. The highest BCUT2D eigenvalue weighted by Crippen LogP contribution is 2.36. The number of aromatic nitrogens is 2. The molecule has 0 spiro atoms. The second-order valence-electron chi connectivity index (χ2n) is 7.78. The number of anilines is 3. The van der Waals surface area contributed by atoms with Gasteiger partial charge in [0.2, 0.25) is 5.52 Å². The van der Waals surface area contributed by atoms with Gasteiger partial charge in [0.25, 0.3) is 0 Å². The van der Waals surface area contributed by atoms with E-state index >= 15 is 0 Å². The standard InChI is InChI=1S/C21H26ClN7O4/c22-15-3-1-4-16(13-15)28-10-8-27(9-11-28)7-2-5-23-17-14-18(24-6-12-30)21(29(31)32)20-19(17)25-33-26-20/h1,3-4,13-14,23-24,30H,2,5-12H2. The normalized spacial score (nSPS) is 14.5. The summed E-state index contributed by atoms with van der Waals surface area (Å²) < 4.78 is 4.77. The van der Waals surface area contributed by atoms with Crippen molar-refractivity contribution in [2.24, 2.45) is 0 Å². The highest BCUT2D eigenvalue weighted by atomic mass is 35.5. The molecule has 0 amide bonds. The maximum absolute atomic E-state index is 11.5. The molecule has 3 N–H and O–H groups in total. The average Bonchev–Trinajstić information content (AvgIpc) is 3.30. The first-order chi connectivity index (χ1) is 16.1. The summed E-state index contributed by atoms with van der Waals surface area (Å²) in [5.41, 5.74) is 2.18. The Morgan fingerprint density at radius 3 is 2.58 bits per heavy atom. The van der Waals surface area contributed by atoms with Crippen molar-refractivity contribution in [3.05, 3.63) is 45.5 Å². The molecule has 1 saturated heterocycles. The highest BCUT2D eigenvalue weighted by molar-refractivity contribution is 6.30. The van der Waals surface area contributed by atoms with Crippen molar-refractivity contribution in [3.63, 3.8) is 0 Å². The van der Waals surface area contributed by atoms with Gasteiger partial charge in [-0.1, -0.05) is 17.7 Å². The van der Waals surface area contributed by atoms with E-state index in [9.17, 15) is 10.1 Å². The van der Waals surface area contributed by atoms with Crippen LogP contribution in [0.2, 0.25) is 5.02 Å². The van der Waals surface area contributed by atoms with Gasteiger partial charge in [0.1, 0.15) is 5.69 Å². The number of hydrogen-bond donors (Lipinski definition) is 3. The molecule has 1 fully saturated rings. The predicted octanol–water partition coefficient (Wildman–Crippen LogP) is 2.81. The maximum Gasteiger partial charge on any atom is 0.323 e. The largest absolute Gasteiger partial charge is 0.395 e. The number of fused-ring (bicyclic) bond motifs is 1. The molecule has 0 atom stereocenters. The van der Waals surface area contributed by atoms with Gasteiger partial charge < -0.3 is 20.6 Å². The summed E-state index contributed by atoms with van der Waals surface area (Å²) in [5.74, 6) is 0. The first-order valence-corrected chi connectivity index (χ1v) is 11.2. The smallest absolute Gasteiger partial charge is 0.323 e. The van der Waals surface area contributed by atoms with Gasteiger partial charge in [-0.25, -0.2) is 4.63 Å². The Bertz CT molecular complexity index is 1100. The van der Waals surface area contributed by atoms with E-state index in [2.05, 4.69) is 36.8 Å². The Kier molecular flexibility index (Phi) is 7.43. The Morgan fingerprint density at radius 2 is 1.85 bits per heavy atom. The fraction of sp³-hybridized carbons (Fsp3) is 0.429. The number of nitrogens with zero attached hydrogens (tertiary/aromatic N) is 5. The van der Waals surface area contributed by atoms with E-state index in [1.807, 2.05) is 18.2 Å². The summed E-state index contributed by atoms with van der Waals surface area (Å²) in [4.78, 5) is 15.8. The second-order valence-corrected chi connectivity index (χ2v) is 8.21. The lowest BCUT2D eigenvalue weighted by Crippen LogP contribution is -2.46. The van der Waals surface area contributed by atoms with Gasteiger partial charge in [0.05, 0.1) is 17.2 Å². The fourth-order valence-corrected chi connectivity index (χ4v) is 4.19. The van der Waals surface area contributed by atoms with Crippen molar-refractivity contribution in [2.75, 3.05) is 68.0 Å². The SMILES string of the molecule is O=[N+]([O-])c1c(NCCO)cc(NCCCN2CCN(c3cccc(Cl)c3)CC2)c2nonc12. The van der Waals surface area contributed by atoms with Crippen LogP contribution in [0, 0.1) is 10.1 Å². The number of halogens is 1. The molecule has 3 aromatic rings. The predicted molar refractivity (Wildman–Crippen MR) is 127 cm³/mol. The maximum atomic E-state index is 11.5. The Hall–Kier alpha value is -3.15. The van der Waals surface area contributed by atoms with Crippen LogP contribution in [0.3, 0.4) is 0 Å². The molecule has 12 heteroatoms. The monoisotopic (exact) mass is 475 g/mol. The Labute approximate surface area is 195 Å². The van der Waals surface area contributed by atoms with Crippen molar-refractivity contribution in [1.29, 1.82) is 0 Å². The second kappa shape index (κ2) is 10.6. The van der Waals surface area contributed by atoms with Gasteiger partial charge in [-0.3, -0.25) is 15.0 Å². The first kappa shape index (κ1) is 23.0. The molecule has 0 bridgehead atoms. The molecule has 0 unspecified atom stereocenters. The van der Waals surface area contributed by atoms with Crippen LogP contribution in [0.25, 0.3) is 11.0 Å². The Balaban J connectivity index is 1.32. The van der Waals surface area contributed by atoms with Crippen molar-refractivity contribution < 1.29 is 14.7 Å². The van der Waals surface area contributed by atoms with E-state index in [-0.39, 0.29) is 30.0 Å². The van der Waals surface area contributed by atoms with Gasteiger partial charge in [-0.2, -0.15) is 0 Å². The number of benzene rings is 2. The van der Waals surface area contributed by atoms with E-state index in [1.165, 1.54) is 0 Å². The third-order valence-electron chi connectivity index (χ3n) is 5.63. The summed E-state index contributed by atoms with van der Waals surface area (Å²) >= 11 is 6.11. The van der Waals surface area contributed by atoms with E-state index in [0.29, 0.717) is 17.7 Å². The minimum Gasteiger partial charge on any atom is -0.395 e. The molecular weight excluding hydrogens is 450 g/mol. The lowest BCUT2D eigenvalue weighted by molar-refractivity contribution is -0.382. The Morgan fingerprint density at radius 1 is 1.09 bits per heavy atom. The molecule has 1 aromatic heterocycles. The minimum atomic E-state index is -0.529. The number of piperazine rings is 1. The van der Waals surface area contributed by atoms with Gasteiger partial charge in [0, 0.05) is 50.0 Å². The quantitative estimate of drug-likeness (QED) is 0.228. The number of hydrogen-bond acceptors (Lipinski definition) is 10. The van der Waals surface area contributed by atoms with Crippen molar-refractivity contribution >= 4 is 45.4 Å². The number of aliphatic hydroxyl groups excluding tert-OH is 1. The number of nitrogens with one attached hydrogen (secondary N) is 2. The van der Waals surface area contributed by atoms with Crippen molar-refractivity contribution in [1.82, 2.24) is 15.2 Å². The highest BCUT2D eigenvalue weighted by Gasteiger charge is 2.25. The van der Waals surface area contributed by atoms with Crippen LogP contribution in [0.15, 0.2) is 35.0 Å². The van der Waals surface area contributed by atoms with Crippen LogP contribution in [0.1, 0.15) is 6.42 Å². The van der Waals surface area contributed by atoms with Gasteiger partial charge in [-0.05, 0) is 47.5 Å². The average molecular weight is 476 g/mol. The van der Waals surface area contributed by atoms with E-state index < -0.39 is 4.92 Å². The van der Waals surface area contributed by atoms with Crippen LogP contribution < -0.4 is 15.5 Å². The molecule has 2 heterocycles. The lowest BCUT2D eigenvalue weighted by Gasteiger charge is -2.36. The zero-order valence-corrected chi connectivity index (χ0v) is 18.8. The molecule has 1 aliphatic heterocycles. The van der Waals surface area contributed by atoms with E-state index in [1.54, 1.807) is 6.07 Å². The summed E-state index contributed by atoms with van der Waals surface area (Å²) in [7, 11) is 0. The number of nitro groups is 1. The van der Waals surface area contributed by atoms with Crippen LogP contribution in [0.4, 0.5) is 22.7 Å². The molecule has 11 nitrogen and oxygen atoms in total. The third-order valence-corrected chi connectivity index (χ3v) is 5.87. The molecule has 0 aliphatic carbocycles. The number of nitro benzene ring substituents is 1. The van der Waals surface area contributed by atoms with E-state index in [4.69, 9.17) is 21.3 Å². The van der Waals surface area contributed by atoms with E-state index in [0.717, 1.165) is 49.9 Å². The van der Waals surface area contributed by atoms with Crippen LogP contribution in [0.5, 0.6) is 0 Å². The molecule has 0 saturated carbocycles. The molecular formula is C21H26ClN7O4. The summed E-state index contributed by atoms with van der Waals surface area (Å²) in [6, 6.07) is 9.55. The van der Waals surface area contributed by atoms with Gasteiger partial charge in [-0.15, -0.1) is 0 Å². The summed E-state index contributed by atoms with van der Waals surface area (Å²) in [5, 5.41) is 35.1. The van der Waals surface area contributed by atoms with Crippen LogP contribution in [-0.2, 0) is 0 Å². The topological polar surface area (TPSA) is 133 Å². The molecule has 1 aliphatic rings. The van der Waals surface area contributed by atoms with Crippen molar-refractivity contribution in [2.45, 2.75) is 6.42 Å². The number of aliphatic hydroxyl groups is 1. The third kappa shape index (κ3) is 5.44. The van der Waals surface area contributed by atoms with Crippen LogP contribution >= 0.6 is 11.6 Å². The molecule has 2 aromatic carbocycles. The summed E-state index contributed by atoms with van der Waals surface area (Å²) in [6.45, 7) is 5.45. The zero-order chi connectivity index (χ0) is 23.2. The molecule has 0 radical (unpaired) electrons. The lowest BCUT2D eigenvalue weighted by atomic mass is 10.2. The molecule has 176 valence electrons. The molecule has 4 rings (SSSR count). The van der Waals surface area contributed by atoms with Gasteiger partial charge >= 0.3 is 5.69 Å². The fourth-order valence-electron chi connectivity index (χ4n) is 4.00. The van der Waals surface area contributed by atoms with Crippen molar-refractivity contribution in [3.8, 4) is 0 Å². The summed E-state index contributed by atoms with van der Waals surface area (Å²) in [6.07, 6.45) is 0.889. The number of rotatable bonds is 10. The minimum absolute atomic E-state index is 0.0718. The van der Waals surface area contributed by atoms with Gasteiger partial charge in [0.15, 0.2) is 5.52 Å².